The molecule has 2 heteroatoms. The molecule has 13 heavy (non-hydrogen) atoms. The van der Waals surface area contributed by atoms with Crippen molar-refractivity contribution in [2.75, 3.05) is 0 Å². The van der Waals surface area contributed by atoms with Gasteiger partial charge in [-0.1, -0.05) is 31.3 Å². The van der Waals surface area contributed by atoms with Crippen molar-refractivity contribution in [3.8, 4) is 11.3 Å². The highest BCUT2D eigenvalue weighted by molar-refractivity contribution is 6.30. The van der Waals surface area contributed by atoms with Crippen LogP contribution in [0.4, 0.5) is 0 Å². The lowest BCUT2D eigenvalue weighted by molar-refractivity contribution is 0.625. The molecule has 0 heterocycles. The zero-order valence-corrected chi connectivity index (χ0v) is 8.37. The van der Waals surface area contributed by atoms with Crippen molar-refractivity contribution in [2.24, 2.45) is 0 Å². The first-order chi connectivity index (χ1) is 5.91. The zero-order valence-electron chi connectivity index (χ0n) is 7.61. The van der Waals surface area contributed by atoms with E-state index in [0.29, 0.717) is 0 Å². The molecule has 0 aromatic rings. The second-order valence-electron chi connectivity index (χ2n) is 2.87. The van der Waals surface area contributed by atoms with Crippen LogP contribution in [0.25, 0.3) is 0 Å². The summed E-state index contributed by atoms with van der Waals surface area (Å²) in [6.07, 6.45) is 10.5. The fourth-order valence-corrected chi connectivity index (χ4v) is 1.17. The molecule has 0 atom stereocenters. The predicted octanol–water partition coefficient (Wildman–Crippen LogP) is 3.19. The van der Waals surface area contributed by atoms with E-state index in [2.05, 4.69) is 17.9 Å². The first-order valence-corrected chi connectivity index (χ1v) is 4.99. The first kappa shape index (κ1) is 15.8. The van der Waals surface area contributed by atoms with Crippen LogP contribution in [0, 0.1) is 11.3 Å². The third-order valence-corrected chi connectivity index (χ3v) is 1.91. The number of allylic oxidation sites excluding steroid dienone is 1. The number of rotatable bonds is 7. The summed E-state index contributed by atoms with van der Waals surface area (Å²) in [5.41, 5.74) is 0. The van der Waals surface area contributed by atoms with Crippen molar-refractivity contribution in [2.45, 2.75) is 44.9 Å². The van der Waals surface area contributed by atoms with E-state index in [9.17, 15) is 0 Å². The lowest BCUT2D eigenvalue weighted by atomic mass is 10.1. The van der Waals surface area contributed by atoms with E-state index in [0.717, 1.165) is 12.8 Å². The number of unbranched alkanes of at least 4 members (excludes halogenated alkanes) is 6. The van der Waals surface area contributed by atoms with E-state index in [1.165, 1.54) is 32.1 Å². The molecule has 0 radical (unpaired) electrons. The summed E-state index contributed by atoms with van der Waals surface area (Å²) < 4.78 is 0. The molecule has 0 aliphatic heterocycles. The molecule has 0 amide bonds. The molecule has 0 N–H and O–H groups in total. The van der Waals surface area contributed by atoms with Crippen molar-refractivity contribution in [3.05, 3.63) is 12.7 Å². The van der Waals surface area contributed by atoms with Crippen molar-refractivity contribution in [1.82, 2.24) is 0 Å². The molecule has 0 saturated carbocycles. The van der Waals surface area contributed by atoms with Gasteiger partial charge in [0.2, 0.25) is 0 Å². The maximum atomic E-state index is 5.21. The van der Waals surface area contributed by atoms with Gasteiger partial charge in [0.1, 0.15) is 0 Å². The summed E-state index contributed by atoms with van der Waals surface area (Å²) in [6.45, 7) is 3.69. The van der Waals surface area contributed by atoms with E-state index >= 15 is 0 Å². The highest BCUT2D eigenvalue weighted by Gasteiger charge is 1.87. The molecule has 0 bridgehead atoms. The molecule has 0 aromatic carbocycles. The largest absolute Gasteiger partial charge is 0.316 e. The second kappa shape index (κ2) is 14.9. The van der Waals surface area contributed by atoms with E-state index in [4.69, 9.17) is 11.6 Å². The van der Waals surface area contributed by atoms with E-state index in [-0.39, 0.29) is 23.1 Å². The average Bonchev–Trinajstić information content (AvgIpc) is 2.10. The molecule has 0 aromatic heterocycles. The predicted molar refractivity (Wildman–Crippen MR) is 64.7 cm³/mol. The molecule has 0 nitrogen and oxygen atoms in total. The van der Waals surface area contributed by atoms with Crippen LogP contribution in [-0.2, 0) is 0 Å². The topological polar surface area (TPSA) is 0 Å². The van der Waals surface area contributed by atoms with Gasteiger partial charge in [-0.2, -0.15) is 0 Å². The van der Waals surface area contributed by atoms with Crippen molar-refractivity contribution in [1.29, 1.82) is 0 Å². The minimum absolute atomic E-state index is 0. The molecule has 0 unspecified atom stereocenters. The van der Waals surface area contributed by atoms with Crippen LogP contribution in [0.3, 0.4) is 0 Å². The summed E-state index contributed by atoms with van der Waals surface area (Å²) in [5.74, 6) is 2.85. The molecule has 72 valence electrons. The normalized spacial score (nSPS) is 8.08. The van der Waals surface area contributed by atoms with Crippen molar-refractivity contribution >= 4 is 34.7 Å². The quantitative estimate of drug-likeness (QED) is 0.262. The molecule has 0 saturated heterocycles. The second-order valence-corrected chi connectivity index (χ2v) is 3.06. The Labute approximate surface area is 103 Å². The Bertz CT molecular complexity index is 155. The lowest BCUT2D eigenvalue weighted by Crippen LogP contribution is -1.77. The molecule has 0 aliphatic rings. The fraction of sp³-hybridized carbons (Fsp3) is 0.636. The molecular formula is C11H19ClMg. The maximum absolute atomic E-state index is 5.21. The summed E-state index contributed by atoms with van der Waals surface area (Å²) in [7, 11) is 0. The molecular weight excluding hydrogens is 192 g/mol. The smallest absolute Gasteiger partial charge is 0.103 e. The van der Waals surface area contributed by atoms with Gasteiger partial charge in [-0.15, -0.1) is 6.58 Å². The molecule has 0 fully saturated rings. The van der Waals surface area contributed by atoms with Gasteiger partial charge in [0.25, 0.3) is 0 Å². The van der Waals surface area contributed by atoms with Gasteiger partial charge >= 0.3 is 23.1 Å². The zero-order chi connectivity index (χ0) is 9.07. The van der Waals surface area contributed by atoms with E-state index in [1.54, 1.807) is 0 Å². The van der Waals surface area contributed by atoms with Gasteiger partial charge in [-0.05, 0) is 30.9 Å². The third kappa shape index (κ3) is 15.1. The van der Waals surface area contributed by atoms with Gasteiger partial charge in [-0.3, -0.25) is 0 Å². The number of hydrogen-bond acceptors (Lipinski definition) is 0. The Morgan fingerprint density at radius 1 is 1.08 bits per heavy atom. The third-order valence-electron chi connectivity index (χ3n) is 1.78. The van der Waals surface area contributed by atoms with Crippen LogP contribution in [0.2, 0.25) is 0 Å². The summed E-state index contributed by atoms with van der Waals surface area (Å²) in [6, 6.07) is 0. The van der Waals surface area contributed by atoms with Crippen molar-refractivity contribution < 1.29 is 0 Å². The summed E-state index contributed by atoms with van der Waals surface area (Å²) in [5, 5.41) is 2.39. The SMILES string of the molecule is C=CCCCCCCCC#CCl.[MgH2]. The lowest BCUT2D eigenvalue weighted by Gasteiger charge is -1.96. The van der Waals surface area contributed by atoms with Gasteiger partial charge in [0.15, 0.2) is 0 Å². The van der Waals surface area contributed by atoms with Gasteiger partial charge in [-0.25, -0.2) is 0 Å². The average molecular weight is 211 g/mol. The highest BCUT2D eigenvalue weighted by atomic mass is 35.5. The van der Waals surface area contributed by atoms with Crippen LogP contribution in [0.5, 0.6) is 0 Å². The number of halogens is 1. The molecule has 0 spiro atoms. The maximum Gasteiger partial charge on any atom is 0.316 e. The molecule has 0 aliphatic carbocycles. The minimum Gasteiger partial charge on any atom is -0.103 e. The van der Waals surface area contributed by atoms with Gasteiger partial charge < -0.3 is 0 Å². The first-order valence-electron chi connectivity index (χ1n) is 4.61. The Morgan fingerprint density at radius 2 is 1.69 bits per heavy atom. The Balaban J connectivity index is 0. The molecule has 0 rings (SSSR count). The number of hydrogen-bond donors (Lipinski definition) is 0. The van der Waals surface area contributed by atoms with Crippen LogP contribution in [0.1, 0.15) is 44.9 Å². The standard InChI is InChI=1S/C11H17Cl.Mg.2H/c1-2-3-4-5-6-7-8-9-10-11-12;;;/h2H,1,3-9H2;;;. The van der Waals surface area contributed by atoms with Crippen LogP contribution < -0.4 is 0 Å². The summed E-state index contributed by atoms with van der Waals surface area (Å²) in [4.78, 5) is 0. The van der Waals surface area contributed by atoms with E-state index < -0.39 is 0 Å². The van der Waals surface area contributed by atoms with E-state index in [1.807, 2.05) is 6.08 Å². The van der Waals surface area contributed by atoms with Gasteiger partial charge in [0, 0.05) is 11.8 Å². The Morgan fingerprint density at radius 3 is 2.31 bits per heavy atom. The Kier molecular flexibility index (Phi) is 18.1. The fourth-order valence-electron chi connectivity index (χ4n) is 1.08. The van der Waals surface area contributed by atoms with Crippen LogP contribution >= 0.6 is 11.6 Å². The van der Waals surface area contributed by atoms with Crippen molar-refractivity contribution in [3.63, 3.8) is 0 Å². The summed E-state index contributed by atoms with van der Waals surface area (Å²) >= 11 is 5.21. The van der Waals surface area contributed by atoms with Crippen LogP contribution in [-0.4, -0.2) is 23.1 Å². The minimum atomic E-state index is 0. The monoisotopic (exact) mass is 210 g/mol. The Hall–Kier alpha value is 0.356. The highest BCUT2D eigenvalue weighted by Crippen LogP contribution is 2.06. The van der Waals surface area contributed by atoms with Crippen LogP contribution in [0.15, 0.2) is 12.7 Å². The van der Waals surface area contributed by atoms with Gasteiger partial charge in [0.05, 0.1) is 0 Å².